The third kappa shape index (κ3) is 20.1. The van der Waals surface area contributed by atoms with Crippen molar-refractivity contribution in [3.63, 3.8) is 0 Å². The molecule has 0 spiro atoms. The smallest absolute Gasteiger partial charge is 0.320 e. The topological polar surface area (TPSA) is 164 Å². The third-order valence-corrected chi connectivity index (χ3v) is 4.35. The number of carboxylic acid groups (broad SMARTS) is 1. The summed E-state index contributed by atoms with van der Waals surface area (Å²) in [6, 6.07) is -0.999. The van der Waals surface area contributed by atoms with E-state index in [9.17, 15) is 13.9 Å². The first-order valence-electron chi connectivity index (χ1n) is 6.07. The van der Waals surface area contributed by atoms with Gasteiger partial charge in [0.05, 0.1) is 0 Å². The molecule has 20 heavy (non-hydrogen) atoms. The lowest BCUT2D eigenvalue weighted by atomic mass is 10.2. The number of aliphatic carboxylic acids is 1. The lowest BCUT2D eigenvalue weighted by Crippen LogP contribution is -2.30. The van der Waals surface area contributed by atoms with Gasteiger partial charge in [0.1, 0.15) is 6.04 Å². The molecule has 0 aliphatic heterocycles. The summed E-state index contributed by atoms with van der Waals surface area (Å²) in [5, 5.41) is 8.28. The second-order valence-electron chi connectivity index (χ2n) is 5.05. The summed E-state index contributed by atoms with van der Waals surface area (Å²) in [6.07, 6.45) is 0.967. The zero-order chi connectivity index (χ0) is 16.6. The van der Waals surface area contributed by atoms with E-state index in [1.54, 1.807) is 0 Å². The van der Waals surface area contributed by atoms with E-state index in [1.807, 2.05) is 6.92 Å². The molecule has 0 radical (unpaired) electrons. The largest absolute Gasteiger partial charge is 0.480 e. The predicted molar refractivity (Wildman–Crippen MR) is 79.7 cm³/mol. The first-order chi connectivity index (χ1) is 8.74. The van der Waals surface area contributed by atoms with Crippen molar-refractivity contribution in [3.05, 3.63) is 0 Å². The average molecular weight is 332 g/mol. The fourth-order valence-corrected chi connectivity index (χ4v) is 2.59. The Balaban J connectivity index is 0. The standard InChI is InChI=1S/C5H12NO4P.C5H14NO2P/c1-11(9,10)3-2-4(6)5(7)8;1-5(6)3-4-9(2,7)8/h4H,2-3,6H2,1H3,(H,7,8)(H,9,10);5H,3-4,6H2,1-2H3,(H,7,8). The van der Waals surface area contributed by atoms with Crippen LogP contribution in [0.4, 0.5) is 0 Å². The molecule has 0 saturated heterocycles. The van der Waals surface area contributed by atoms with E-state index in [1.165, 1.54) is 13.3 Å². The molecular formula is C10H26N2O6P2. The summed E-state index contributed by atoms with van der Waals surface area (Å²) in [5.41, 5.74) is 10.5. The summed E-state index contributed by atoms with van der Waals surface area (Å²) in [6.45, 7) is 4.37. The molecule has 0 aliphatic rings. The van der Waals surface area contributed by atoms with Crippen molar-refractivity contribution in [1.29, 1.82) is 0 Å². The minimum atomic E-state index is -3.10. The Bertz CT molecular complexity index is 376. The van der Waals surface area contributed by atoms with E-state index in [-0.39, 0.29) is 18.6 Å². The van der Waals surface area contributed by atoms with Gasteiger partial charge < -0.3 is 26.4 Å². The molecule has 0 aromatic carbocycles. The Morgan fingerprint density at radius 2 is 1.40 bits per heavy atom. The molecule has 4 unspecified atom stereocenters. The molecule has 7 N–H and O–H groups in total. The van der Waals surface area contributed by atoms with E-state index < -0.39 is 26.7 Å². The van der Waals surface area contributed by atoms with Crippen LogP contribution in [0.1, 0.15) is 19.8 Å². The Kier molecular flexibility index (Phi) is 10.7. The maximum atomic E-state index is 10.6. The molecular weight excluding hydrogens is 306 g/mol. The lowest BCUT2D eigenvalue weighted by Gasteiger charge is -2.07. The van der Waals surface area contributed by atoms with Crippen LogP contribution in [0.5, 0.6) is 0 Å². The van der Waals surface area contributed by atoms with Crippen LogP contribution < -0.4 is 11.5 Å². The van der Waals surface area contributed by atoms with Crippen LogP contribution in [-0.2, 0) is 13.9 Å². The zero-order valence-corrected chi connectivity index (χ0v) is 13.9. The lowest BCUT2D eigenvalue weighted by molar-refractivity contribution is -0.138. The molecule has 0 rings (SSSR count). The van der Waals surface area contributed by atoms with E-state index in [4.69, 9.17) is 26.4 Å². The maximum absolute atomic E-state index is 10.6. The van der Waals surface area contributed by atoms with E-state index in [0.29, 0.717) is 12.6 Å². The normalized spacial score (nSPS) is 19.8. The Morgan fingerprint density at radius 3 is 1.60 bits per heavy atom. The summed E-state index contributed by atoms with van der Waals surface area (Å²) >= 11 is 0. The zero-order valence-electron chi connectivity index (χ0n) is 12.1. The van der Waals surface area contributed by atoms with Gasteiger partial charge >= 0.3 is 5.97 Å². The summed E-state index contributed by atoms with van der Waals surface area (Å²) in [4.78, 5) is 27.6. The predicted octanol–water partition coefficient (Wildman–Crippen LogP) is 0.313. The van der Waals surface area contributed by atoms with Crippen molar-refractivity contribution in [2.75, 3.05) is 25.7 Å². The quantitative estimate of drug-likeness (QED) is 0.416. The van der Waals surface area contributed by atoms with E-state index >= 15 is 0 Å². The van der Waals surface area contributed by atoms with E-state index in [0.717, 1.165) is 0 Å². The molecule has 0 aliphatic carbocycles. The fraction of sp³-hybridized carbons (Fsp3) is 0.900. The number of hydrogen-bond donors (Lipinski definition) is 5. The average Bonchev–Trinajstić information content (AvgIpc) is 2.22. The maximum Gasteiger partial charge on any atom is 0.320 e. The van der Waals surface area contributed by atoms with Crippen molar-refractivity contribution >= 4 is 20.7 Å². The Hall–Kier alpha value is -0.230. The van der Waals surface area contributed by atoms with Gasteiger partial charge in [0.15, 0.2) is 14.7 Å². The van der Waals surface area contributed by atoms with Gasteiger partial charge in [-0.1, -0.05) is 0 Å². The van der Waals surface area contributed by atoms with Crippen LogP contribution in [0, 0.1) is 0 Å². The SMILES string of the molecule is CC(N)CCP(C)(=O)O.CP(=O)(O)CCC(N)C(=O)O. The third-order valence-electron chi connectivity index (χ3n) is 2.17. The highest BCUT2D eigenvalue weighted by molar-refractivity contribution is 7.57. The fourth-order valence-electron chi connectivity index (χ4n) is 0.945. The number of carbonyl (C=O) groups is 1. The van der Waals surface area contributed by atoms with Gasteiger partial charge in [-0.3, -0.25) is 13.9 Å². The molecule has 0 amide bonds. The van der Waals surface area contributed by atoms with Crippen molar-refractivity contribution in [2.24, 2.45) is 11.5 Å². The van der Waals surface area contributed by atoms with Crippen molar-refractivity contribution in [1.82, 2.24) is 0 Å². The van der Waals surface area contributed by atoms with E-state index in [2.05, 4.69) is 0 Å². The van der Waals surface area contributed by atoms with Crippen molar-refractivity contribution in [2.45, 2.75) is 31.8 Å². The van der Waals surface area contributed by atoms with Crippen LogP contribution in [0.25, 0.3) is 0 Å². The summed E-state index contributed by atoms with van der Waals surface area (Å²) < 4.78 is 21.3. The van der Waals surface area contributed by atoms with Gasteiger partial charge in [0, 0.05) is 31.7 Å². The minimum absolute atomic E-state index is 0.0328. The molecule has 0 saturated carbocycles. The van der Waals surface area contributed by atoms with Crippen LogP contribution in [0.2, 0.25) is 0 Å². The molecule has 0 fully saturated rings. The van der Waals surface area contributed by atoms with Crippen LogP contribution >= 0.6 is 14.7 Å². The Labute approximate surface area is 119 Å². The number of rotatable bonds is 7. The Morgan fingerprint density at radius 1 is 1.05 bits per heavy atom. The number of carboxylic acids is 1. The molecule has 8 nitrogen and oxygen atoms in total. The van der Waals surface area contributed by atoms with Crippen LogP contribution in [-0.4, -0.2) is 58.6 Å². The summed E-state index contributed by atoms with van der Waals surface area (Å²) in [5.74, 6) is -1.14. The van der Waals surface area contributed by atoms with Gasteiger partial charge in [0.2, 0.25) is 0 Å². The molecule has 122 valence electrons. The van der Waals surface area contributed by atoms with Crippen molar-refractivity contribution < 1.29 is 28.8 Å². The molecule has 0 aromatic rings. The van der Waals surface area contributed by atoms with Crippen molar-refractivity contribution in [3.8, 4) is 0 Å². The summed E-state index contributed by atoms with van der Waals surface area (Å²) in [7, 11) is -5.90. The monoisotopic (exact) mass is 332 g/mol. The van der Waals surface area contributed by atoms with Gasteiger partial charge in [-0.05, 0) is 19.8 Å². The first kappa shape index (κ1) is 22.1. The highest BCUT2D eigenvalue weighted by Crippen LogP contribution is 2.36. The highest BCUT2D eigenvalue weighted by atomic mass is 31.2. The highest BCUT2D eigenvalue weighted by Gasteiger charge is 2.16. The number of nitrogens with two attached hydrogens (primary N) is 2. The molecule has 0 bridgehead atoms. The number of hydrogen-bond acceptors (Lipinski definition) is 5. The molecule has 10 heteroatoms. The van der Waals surface area contributed by atoms with Gasteiger partial charge in [0.25, 0.3) is 0 Å². The second-order valence-corrected chi connectivity index (χ2v) is 10.1. The first-order valence-corrected chi connectivity index (χ1v) is 10.7. The minimum Gasteiger partial charge on any atom is -0.480 e. The molecule has 0 heterocycles. The van der Waals surface area contributed by atoms with Crippen LogP contribution in [0.3, 0.4) is 0 Å². The molecule has 4 atom stereocenters. The van der Waals surface area contributed by atoms with Gasteiger partial charge in [-0.25, -0.2) is 0 Å². The van der Waals surface area contributed by atoms with Gasteiger partial charge in [-0.2, -0.15) is 0 Å². The molecule has 0 aromatic heterocycles. The van der Waals surface area contributed by atoms with Crippen LogP contribution in [0.15, 0.2) is 0 Å². The van der Waals surface area contributed by atoms with Gasteiger partial charge in [-0.15, -0.1) is 0 Å². The second kappa shape index (κ2) is 9.66.